The maximum absolute atomic E-state index is 10.9. The predicted molar refractivity (Wildman–Crippen MR) is 73.7 cm³/mol. The number of anilines is 1. The number of aryl methyl sites for hydroxylation is 1. The number of primary amides is 1. The van der Waals surface area contributed by atoms with Crippen LogP contribution in [0.2, 0.25) is 0 Å². The summed E-state index contributed by atoms with van der Waals surface area (Å²) in [4.78, 5) is 21.4. The first-order chi connectivity index (χ1) is 9.17. The molecule has 2 rings (SSSR count). The van der Waals surface area contributed by atoms with Gasteiger partial charge in [-0.1, -0.05) is 6.92 Å². The largest absolute Gasteiger partial charge is 0.369 e. The van der Waals surface area contributed by atoms with Gasteiger partial charge in [0, 0.05) is 30.9 Å². The number of aromatic nitrogens is 2. The van der Waals surface area contributed by atoms with Crippen molar-refractivity contribution in [2.45, 2.75) is 32.2 Å². The van der Waals surface area contributed by atoms with Crippen LogP contribution in [-0.4, -0.2) is 46.5 Å². The number of carbonyl (C=O) groups excluding carboxylic acids is 1. The maximum Gasteiger partial charge on any atom is 0.231 e. The van der Waals surface area contributed by atoms with Gasteiger partial charge in [-0.15, -0.1) is 0 Å². The average Bonchev–Trinajstić information content (AvgIpc) is 2.41. The van der Waals surface area contributed by atoms with Gasteiger partial charge >= 0.3 is 0 Å². The molecule has 0 radical (unpaired) electrons. The lowest BCUT2D eigenvalue weighted by atomic mass is 10.1. The van der Waals surface area contributed by atoms with Crippen molar-refractivity contribution >= 4 is 11.7 Å². The van der Waals surface area contributed by atoms with Crippen LogP contribution < -0.4 is 11.1 Å². The summed E-state index contributed by atoms with van der Waals surface area (Å²) < 4.78 is 0. The number of rotatable bonds is 5. The summed E-state index contributed by atoms with van der Waals surface area (Å²) in [5, 5.41) is 3.44. The van der Waals surface area contributed by atoms with Crippen LogP contribution in [0.3, 0.4) is 0 Å². The molecule has 19 heavy (non-hydrogen) atoms. The highest BCUT2D eigenvalue weighted by Gasteiger charge is 2.20. The van der Waals surface area contributed by atoms with Crippen molar-refractivity contribution in [1.29, 1.82) is 0 Å². The lowest BCUT2D eigenvalue weighted by molar-refractivity contribution is -0.119. The summed E-state index contributed by atoms with van der Waals surface area (Å²) in [5.41, 5.74) is 6.25. The third-order valence-corrected chi connectivity index (χ3v) is 3.40. The molecule has 0 saturated carbocycles. The molecule has 2 heterocycles. The van der Waals surface area contributed by atoms with Crippen molar-refractivity contribution < 1.29 is 4.79 Å². The quantitative estimate of drug-likeness (QED) is 0.803. The minimum Gasteiger partial charge on any atom is -0.369 e. The van der Waals surface area contributed by atoms with E-state index in [-0.39, 0.29) is 5.91 Å². The molecule has 1 aromatic rings. The lowest BCUT2D eigenvalue weighted by Crippen LogP contribution is -2.43. The van der Waals surface area contributed by atoms with Gasteiger partial charge in [-0.3, -0.25) is 9.69 Å². The summed E-state index contributed by atoms with van der Waals surface area (Å²) in [6.07, 6.45) is 4.51. The SMILES string of the molecule is CCc1cc(NC2CCN(CC(N)=O)CC2)ncn1. The van der Waals surface area contributed by atoms with Crippen molar-refractivity contribution in [2.75, 3.05) is 25.0 Å². The van der Waals surface area contributed by atoms with E-state index in [0.717, 1.165) is 43.9 Å². The molecule has 1 saturated heterocycles. The van der Waals surface area contributed by atoms with Crippen LogP contribution in [0, 0.1) is 0 Å². The van der Waals surface area contributed by atoms with Crippen LogP contribution in [0.25, 0.3) is 0 Å². The third kappa shape index (κ3) is 4.17. The van der Waals surface area contributed by atoms with Gasteiger partial charge in [-0.05, 0) is 19.3 Å². The van der Waals surface area contributed by atoms with Crippen LogP contribution in [-0.2, 0) is 11.2 Å². The second kappa shape index (κ2) is 6.47. The Labute approximate surface area is 113 Å². The van der Waals surface area contributed by atoms with Crippen LogP contribution in [0.4, 0.5) is 5.82 Å². The van der Waals surface area contributed by atoms with E-state index in [2.05, 4.69) is 27.1 Å². The highest BCUT2D eigenvalue weighted by molar-refractivity contribution is 5.75. The van der Waals surface area contributed by atoms with Crippen molar-refractivity contribution in [2.24, 2.45) is 5.73 Å². The van der Waals surface area contributed by atoms with Crippen molar-refractivity contribution in [3.63, 3.8) is 0 Å². The number of nitrogens with two attached hydrogens (primary N) is 1. The molecule has 1 amide bonds. The number of nitrogens with zero attached hydrogens (tertiary/aromatic N) is 3. The fourth-order valence-corrected chi connectivity index (χ4v) is 2.33. The number of hydrogen-bond donors (Lipinski definition) is 2. The Bertz CT molecular complexity index is 429. The molecule has 104 valence electrons. The van der Waals surface area contributed by atoms with E-state index in [1.54, 1.807) is 6.33 Å². The lowest BCUT2D eigenvalue weighted by Gasteiger charge is -2.31. The molecule has 0 bridgehead atoms. The first kappa shape index (κ1) is 13.7. The third-order valence-electron chi connectivity index (χ3n) is 3.40. The first-order valence-corrected chi connectivity index (χ1v) is 6.75. The van der Waals surface area contributed by atoms with Gasteiger partial charge in [0.25, 0.3) is 0 Å². The molecule has 0 aliphatic carbocycles. The van der Waals surface area contributed by atoms with Gasteiger partial charge in [0.15, 0.2) is 0 Å². The zero-order valence-corrected chi connectivity index (χ0v) is 11.3. The van der Waals surface area contributed by atoms with Gasteiger partial charge in [0.1, 0.15) is 12.1 Å². The Morgan fingerprint density at radius 3 is 2.84 bits per heavy atom. The zero-order valence-electron chi connectivity index (χ0n) is 11.3. The topological polar surface area (TPSA) is 84.1 Å². The fourth-order valence-electron chi connectivity index (χ4n) is 2.33. The molecule has 0 atom stereocenters. The summed E-state index contributed by atoms with van der Waals surface area (Å²) >= 11 is 0. The number of piperidine rings is 1. The minimum absolute atomic E-state index is 0.255. The van der Waals surface area contributed by atoms with Crippen LogP contribution in [0.15, 0.2) is 12.4 Å². The average molecular weight is 263 g/mol. The van der Waals surface area contributed by atoms with E-state index in [0.29, 0.717) is 12.6 Å². The molecule has 1 aromatic heterocycles. The Balaban J connectivity index is 1.83. The molecule has 1 aliphatic rings. The van der Waals surface area contributed by atoms with Crippen LogP contribution in [0.5, 0.6) is 0 Å². The molecule has 6 nitrogen and oxygen atoms in total. The maximum atomic E-state index is 10.9. The Kier molecular flexibility index (Phi) is 4.68. The van der Waals surface area contributed by atoms with Gasteiger partial charge in [0.2, 0.25) is 5.91 Å². The minimum atomic E-state index is -0.255. The molecule has 1 fully saturated rings. The first-order valence-electron chi connectivity index (χ1n) is 6.75. The van der Waals surface area contributed by atoms with E-state index < -0.39 is 0 Å². The highest BCUT2D eigenvalue weighted by atomic mass is 16.1. The molecule has 3 N–H and O–H groups in total. The van der Waals surface area contributed by atoms with Crippen molar-refractivity contribution in [3.8, 4) is 0 Å². The van der Waals surface area contributed by atoms with Gasteiger partial charge in [-0.25, -0.2) is 9.97 Å². The van der Waals surface area contributed by atoms with Crippen LogP contribution in [0.1, 0.15) is 25.5 Å². The van der Waals surface area contributed by atoms with E-state index in [4.69, 9.17) is 5.73 Å². The summed E-state index contributed by atoms with van der Waals surface area (Å²) in [7, 11) is 0. The molecule has 0 spiro atoms. The van der Waals surface area contributed by atoms with Gasteiger partial charge in [-0.2, -0.15) is 0 Å². The Morgan fingerprint density at radius 2 is 2.21 bits per heavy atom. The second-order valence-electron chi connectivity index (χ2n) is 4.91. The van der Waals surface area contributed by atoms with Gasteiger partial charge < -0.3 is 11.1 Å². The van der Waals surface area contributed by atoms with E-state index in [9.17, 15) is 4.79 Å². The normalized spacial score (nSPS) is 17.3. The van der Waals surface area contributed by atoms with E-state index in [1.807, 2.05) is 6.07 Å². The molecular formula is C13H21N5O. The standard InChI is InChI=1S/C13H21N5O/c1-2-10-7-13(16-9-15-10)17-11-3-5-18(6-4-11)8-12(14)19/h7,9,11H,2-6,8H2,1H3,(H2,14,19)(H,15,16,17). The molecule has 0 unspecified atom stereocenters. The van der Waals surface area contributed by atoms with Crippen molar-refractivity contribution in [1.82, 2.24) is 14.9 Å². The number of likely N-dealkylation sites (tertiary alicyclic amines) is 1. The fraction of sp³-hybridized carbons (Fsp3) is 0.615. The molecular weight excluding hydrogens is 242 g/mol. The summed E-state index contributed by atoms with van der Waals surface area (Å²) in [6.45, 7) is 4.23. The molecule has 6 heteroatoms. The smallest absolute Gasteiger partial charge is 0.231 e. The Morgan fingerprint density at radius 1 is 1.47 bits per heavy atom. The predicted octanol–water partition coefficient (Wildman–Crippen LogP) is 0.401. The Hall–Kier alpha value is -1.69. The monoisotopic (exact) mass is 263 g/mol. The van der Waals surface area contributed by atoms with Crippen molar-refractivity contribution in [3.05, 3.63) is 18.1 Å². The summed E-state index contributed by atoms with van der Waals surface area (Å²) in [5.74, 6) is 0.634. The number of hydrogen-bond acceptors (Lipinski definition) is 5. The molecule has 1 aliphatic heterocycles. The highest BCUT2D eigenvalue weighted by Crippen LogP contribution is 2.15. The second-order valence-corrected chi connectivity index (χ2v) is 4.91. The van der Waals surface area contributed by atoms with Gasteiger partial charge in [0.05, 0.1) is 6.54 Å². The number of amides is 1. The summed E-state index contributed by atoms with van der Waals surface area (Å²) in [6, 6.07) is 2.40. The van der Waals surface area contributed by atoms with E-state index in [1.165, 1.54) is 0 Å². The number of carbonyl (C=O) groups is 1. The molecule has 0 aromatic carbocycles. The zero-order chi connectivity index (χ0) is 13.7. The van der Waals surface area contributed by atoms with Crippen LogP contribution >= 0.6 is 0 Å². The number of nitrogens with one attached hydrogen (secondary N) is 1. The van der Waals surface area contributed by atoms with E-state index >= 15 is 0 Å².